The van der Waals surface area contributed by atoms with Gasteiger partial charge in [0.25, 0.3) is 0 Å². The summed E-state index contributed by atoms with van der Waals surface area (Å²) in [5, 5.41) is 11.8. The zero-order valence-electron chi connectivity index (χ0n) is 26.1. The molecule has 0 heterocycles. The molecular formula is C34H52N2O6. The molecule has 10 atom stereocenters. The van der Waals surface area contributed by atoms with Gasteiger partial charge in [0.05, 0.1) is 11.7 Å². The topological polar surface area (TPSA) is 120 Å². The van der Waals surface area contributed by atoms with E-state index in [2.05, 4.69) is 26.2 Å². The van der Waals surface area contributed by atoms with Crippen molar-refractivity contribution in [1.82, 2.24) is 5.43 Å². The van der Waals surface area contributed by atoms with Crippen molar-refractivity contribution in [2.75, 3.05) is 14.2 Å². The first-order valence-electron chi connectivity index (χ1n) is 16.1. The van der Waals surface area contributed by atoms with Gasteiger partial charge in [-0.3, -0.25) is 10.2 Å². The number of esters is 1. The van der Waals surface area contributed by atoms with Gasteiger partial charge in [0.15, 0.2) is 6.29 Å². The van der Waals surface area contributed by atoms with Gasteiger partial charge < -0.3 is 19.3 Å². The van der Waals surface area contributed by atoms with Crippen LogP contribution < -0.4 is 11.3 Å². The first kappa shape index (κ1) is 31.4. The minimum atomic E-state index is -0.521. The fourth-order valence-electron chi connectivity index (χ4n) is 10.3. The summed E-state index contributed by atoms with van der Waals surface area (Å²) < 4.78 is 16.8. The number of hydrogen-bond acceptors (Lipinski definition) is 7. The molecule has 8 heteroatoms. The molecule has 1 aromatic rings. The predicted octanol–water partition coefficient (Wildman–Crippen LogP) is 5.54. The van der Waals surface area contributed by atoms with Crippen LogP contribution >= 0.6 is 0 Å². The second-order valence-electron chi connectivity index (χ2n) is 14.3. The van der Waals surface area contributed by atoms with Crippen molar-refractivity contribution < 1.29 is 28.9 Å². The van der Waals surface area contributed by atoms with Crippen LogP contribution in [0.2, 0.25) is 0 Å². The Hall–Kier alpha value is -2.00. The molecular weight excluding hydrogens is 532 g/mol. The summed E-state index contributed by atoms with van der Waals surface area (Å²) in [5.41, 5.74) is 3.62. The van der Waals surface area contributed by atoms with E-state index in [9.17, 15) is 14.7 Å². The van der Waals surface area contributed by atoms with Crippen molar-refractivity contribution in [3.63, 3.8) is 0 Å². The average Bonchev–Trinajstić information content (AvgIpc) is 3.36. The Morgan fingerprint density at radius 2 is 1.83 bits per heavy atom. The van der Waals surface area contributed by atoms with Crippen molar-refractivity contribution in [2.24, 2.45) is 52.2 Å². The molecule has 4 fully saturated rings. The van der Waals surface area contributed by atoms with Crippen LogP contribution in [0.5, 0.6) is 0 Å². The van der Waals surface area contributed by atoms with Crippen molar-refractivity contribution in [1.29, 1.82) is 0 Å². The van der Waals surface area contributed by atoms with Crippen molar-refractivity contribution >= 4 is 11.9 Å². The highest BCUT2D eigenvalue weighted by Gasteiger charge is 2.63. The van der Waals surface area contributed by atoms with E-state index in [1.165, 1.54) is 12.8 Å². The van der Waals surface area contributed by atoms with E-state index in [1.807, 2.05) is 12.1 Å². The first-order chi connectivity index (χ1) is 20.1. The van der Waals surface area contributed by atoms with Gasteiger partial charge in [0.2, 0.25) is 5.91 Å². The summed E-state index contributed by atoms with van der Waals surface area (Å²) in [6.07, 6.45) is 8.58. The first-order valence-corrected chi connectivity index (χ1v) is 16.1. The Morgan fingerprint density at radius 1 is 1.07 bits per heavy atom. The van der Waals surface area contributed by atoms with Gasteiger partial charge in [0.1, 0.15) is 6.10 Å². The van der Waals surface area contributed by atoms with Crippen LogP contribution in [0.3, 0.4) is 0 Å². The molecule has 4 aliphatic carbocycles. The standard InChI is InChI=1S/C34H52N2O6/c1-20(9-14-30(38)36-35)26-12-13-27-25-11-10-23-18-24(15-16-33(23,2)28(25)19-29(37)34(26,27)3)42-31(39)21-7-6-8-22(17-21)32(40-4)41-5/h6-8,17,20,23-29,32,37H,9-16,18-19,35H2,1-5H3,(H,36,38)/t20-,23-,24-,25+,26-,27+,28+,29+,33+,34-/m1/s1. The van der Waals surface area contributed by atoms with Gasteiger partial charge in [-0.15, -0.1) is 0 Å². The Bertz CT molecular complexity index is 1130. The summed E-state index contributed by atoms with van der Waals surface area (Å²) in [4.78, 5) is 25.0. The molecule has 0 saturated heterocycles. The van der Waals surface area contributed by atoms with E-state index in [0.29, 0.717) is 47.5 Å². The zero-order chi connectivity index (χ0) is 30.2. The maximum absolute atomic E-state index is 13.2. The minimum Gasteiger partial charge on any atom is -0.459 e. The number of amides is 1. The number of aliphatic hydroxyl groups excluding tert-OH is 1. The van der Waals surface area contributed by atoms with Crippen molar-refractivity contribution in [3.8, 4) is 0 Å². The summed E-state index contributed by atoms with van der Waals surface area (Å²) in [5.74, 6) is 7.84. The van der Waals surface area contributed by atoms with E-state index < -0.39 is 6.29 Å². The normalized spacial score (nSPS) is 38.2. The van der Waals surface area contributed by atoms with Crippen molar-refractivity contribution in [3.05, 3.63) is 35.4 Å². The molecule has 0 radical (unpaired) electrons. The number of fused-ring (bicyclic) bond motifs is 5. The smallest absolute Gasteiger partial charge is 0.338 e. The van der Waals surface area contributed by atoms with Crippen LogP contribution in [0.4, 0.5) is 0 Å². The van der Waals surface area contributed by atoms with Gasteiger partial charge >= 0.3 is 5.97 Å². The fraction of sp³-hybridized carbons (Fsp3) is 0.765. The monoisotopic (exact) mass is 584 g/mol. The summed E-state index contributed by atoms with van der Waals surface area (Å²) in [6, 6.07) is 7.30. The van der Waals surface area contributed by atoms with Crippen LogP contribution in [0.15, 0.2) is 24.3 Å². The molecule has 1 amide bonds. The van der Waals surface area contributed by atoms with Gasteiger partial charge in [-0.25, -0.2) is 10.6 Å². The number of carbonyl (C=O) groups is 2. The summed E-state index contributed by atoms with van der Waals surface area (Å²) in [6.45, 7) is 7.06. The van der Waals surface area contributed by atoms with Crippen LogP contribution in [0, 0.1) is 46.3 Å². The number of ether oxygens (including phenoxy) is 3. The molecule has 42 heavy (non-hydrogen) atoms. The number of aliphatic hydroxyl groups is 1. The number of methoxy groups -OCH3 is 2. The Balaban J connectivity index is 1.24. The Kier molecular flexibility index (Phi) is 9.39. The van der Waals surface area contributed by atoms with E-state index in [1.54, 1.807) is 26.4 Å². The lowest BCUT2D eigenvalue weighted by molar-refractivity contribution is -0.175. The van der Waals surface area contributed by atoms with E-state index in [-0.39, 0.29) is 34.9 Å². The lowest BCUT2D eigenvalue weighted by atomic mass is 9.43. The van der Waals surface area contributed by atoms with E-state index >= 15 is 0 Å². The molecule has 4 aliphatic rings. The number of rotatable bonds is 9. The van der Waals surface area contributed by atoms with E-state index in [0.717, 1.165) is 50.5 Å². The van der Waals surface area contributed by atoms with E-state index in [4.69, 9.17) is 20.1 Å². The highest BCUT2D eigenvalue weighted by atomic mass is 16.7. The number of benzene rings is 1. The molecule has 1 aromatic carbocycles. The number of carbonyl (C=O) groups excluding carboxylic acids is 2. The fourth-order valence-corrected chi connectivity index (χ4v) is 10.3. The molecule has 0 bridgehead atoms. The highest BCUT2D eigenvalue weighted by molar-refractivity contribution is 5.89. The Morgan fingerprint density at radius 3 is 2.55 bits per heavy atom. The van der Waals surface area contributed by atoms with Gasteiger partial charge in [-0.05, 0) is 116 Å². The molecule has 0 aromatic heterocycles. The van der Waals surface area contributed by atoms with Gasteiger partial charge in [-0.1, -0.05) is 32.9 Å². The SMILES string of the molecule is COC(OC)c1cccc(C(=O)O[C@@H]2CC[C@@]3(C)[C@H](CC[C@@H]4[C@@H]3C[C@H](O)[C@]3(C)[C@@H]([C@H](C)CCC(=O)NN)CC[C@@H]43)C2)c1. The number of nitrogens with one attached hydrogen (secondary N) is 1. The summed E-state index contributed by atoms with van der Waals surface area (Å²) >= 11 is 0. The zero-order valence-corrected chi connectivity index (χ0v) is 26.1. The van der Waals surface area contributed by atoms with Crippen LogP contribution in [0.1, 0.15) is 107 Å². The quantitative estimate of drug-likeness (QED) is 0.115. The van der Waals surface area contributed by atoms with Crippen LogP contribution in [-0.4, -0.2) is 43.4 Å². The maximum Gasteiger partial charge on any atom is 0.338 e. The number of hydrogen-bond donors (Lipinski definition) is 3. The molecule has 0 spiro atoms. The van der Waals surface area contributed by atoms with Crippen molar-refractivity contribution in [2.45, 2.75) is 103 Å². The molecule has 4 N–H and O–H groups in total. The number of nitrogens with two attached hydrogens (primary N) is 1. The molecule has 4 saturated carbocycles. The molecule has 0 aliphatic heterocycles. The van der Waals surface area contributed by atoms with Gasteiger partial charge in [0, 0.05) is 26.2 Å². The largest absolute Gasteiger partial charge is 0.459 e. The average molecular weight is 585 g/mol. The lowest BCUT2D eigenvalue weighted by Gasteiger charge is -2.62. The van der Waals surface area contributed by atoms with Crippen LogP contribution in [-0.2, 0) is 19.0 Å². The Labute approximate surface area is 251 Å². The molecule has 234 valence electrons. The molecule has 5 rings (SSSR count). The third-order valence-corrected chi connectivity index (χ3v) is 12.6. The maximum atomic E-state index is 13.2. The third-order valence-electron chi connectivity index (χ3n) is 12.6. The summed E-state index contributed by atoms with van der Waals surface area (Å²) in [7, 11) is 3.16. The van der Waals surface area contributed by atoms with Crippen LogP contribution in [0.25, 0.3) is 0 Å². The third kappa shape index (κ3) is 5.53. The predicted molar refractivity (Wildman–Crippen MR) is 160 cm³/mol. The second-order valence-corrected chi connectivity index (χ2v) is 14.3. The second kappa shape index (κ2) is 12.5. The minimum absolute atomic E-state index is 0.0855. The molecule has 0 unspecified atom stereocenters. The molecule has 8 nitrogen and oxygen atoms in total. The lowest BCUT2D eigenvalue weighted by Crippen LogP contribution is -2.59. The number of hydrazine groups is 1. The highest BCUT2D eigenvalue weighted by Crippen LogP contribution is 2.68. The van der Waals surface area contributed by atoms with Gasteiger partial charge in [-0.2, -0.15) is 0 Å².